The molecule has 4 rings (SSSR count). The van der Waals surface area contributed by atoms with Crippen LogP contribution in [0.15, 0.2) is 53.4 Å². The molecule has 2 heterocycles. The van der Waals surface area contributed by atoms with E-state index in [2.05, 4.69) is 36.1 Å². The Bertz CT molecular complexity index is 1150. The number of carbonyl (C=O) groups excluding carboxylic acids is 1. The molecule has 3 aromatic rings. The van der Waals surface area contributed by atoms with Gasteiger partial charge in [-0.05, 0) is 65.5 Å². The summed E-state index contributed by atoms with van der Waals surface area (Å²) >= 11 is 9.30. The summed E-state index contributed by atoms with van der Waals surface area (Å²) in [4.78, 5) is 23.0. The van der Waals surface area contributed by atoms with Crippen molar-refractivity contribution >= 4 is 55.9 Å². The molecule has 0 bridgehead atoms. The lowest BCUT2D eigenvalue weighted by molar-refractivity contribution is -0.129. The van der Waals surface area contributed by atoms with Gasteiger partial charge >= 0.3 is 5.97 Å². The van der Waals surface area contributed by atoms with Crippen molar-refractivity contribution in [1.82, 2.24) is 14.9 Å². The molecule has 1 fully saturated rings. The molecule has 0 spiro atoms. The number of benzene rings is 2. The van der Waals surface area contributed by atoms with E-state index in [1.165, 1.54) is 31.0 Å². The van der Waals surface area contributed by atoms with Crippen LogP contribution >= 0.6 is 27.5 Å². The number of likely N-dealkylation sites (tertiary alicyclic amines) is 1. The van der Waals surface area contributed by atoms with Crippen LogP contribution in [0.1, 0.15) is 19.3 Å². The molecule has 31 heavy (non-hydrogen) atoms. The monoisotopic (exact) mass is 504 g/mol. The van der Waals surface area contributed by atoms with Gasteiger partial charge in [-0.25, -0.2) is 19.2 Å². The average molecular weight is 506 g/mol. The van der Waals surface area contributed by atoms with Crippen LogP contribution in [0.4, 0.5) is 15.9 Å². The van der Waals surface area contributed by atoms with Gasteiger partial charge in [0.1, 0.15) is 23.7 Å². The van der Waals surface area contributed by atoms with Crippen LogP contribution in [-0.4, -0.2) is 33.9 Å². The minimum atomic E-state index is -0.504. The number of esters is 1. The first-order valence-corrected chi connectivity index (χ1v) is 11.0. The lowest BCUT2D eigenvalue weighted by Crippen LogP contribution is -2.24. The SMILES string of the molecule is O=C(C=CN1CCCCC1)Oc1cc2c(Nc3ccc(F)c(Cl)c3)ncnc2cc1Br. The van der Waals surface area contributed by atoms with Crippen LogP contribution in [0.25, 0.3) is 10.9 Å². The topological polar surface area (TPSA) is 67.3 Å². The zero-order valence-electron chi connectivity index (χ0n) is 16.4. The quantitative estimate of drug-likeness (QED) is 0.267. The molecule has 1 saturated heterocycles. The van der Waals surface area contributed by atoms with Crippen LogP contribution in [0.2, 0.25) is 5.02 Å². The highest BCUT2D eigenvalue weighted by molar-refractivity contribution is 9.10. The van der Waals surface area contributed by atoms with E-state index in [0.29, 0.717) is 32.6 Å². The molecule has 1 aliphatic rings. The van der Waals surface area contributed by atoms with Crippen LogP contribution < -0.4 is 10.1 Å². The molecule has 2 aromatic carbocycles. The van der Waals surface area contributed by atoms with E-state index in [9.17, 15) is 9.18 Å². The minimum absolute atomic E-state index is 0.00113. The van der Waals surface area contributed by atoms with E-state index < -0.39 is 11.8 Å². The number of hydrogen-bond acceptors (Lipinski definition) is 6. The van der Waals surface area contributed by atoms with Gasteiger partial charge in [0.2, 0.25) is 0 Å². The molecule has 160 valence electrons. The van der Waals surface area contributed by atoms with E-state index in [0.717, 1.165) is 25.9 Å². The summed E-state index contributed by atoms with van der Waals surface area (Å²) in [6, 6.07) is 7.72. The number of aromatic nitrogens is 2. The van der Waals surface area contributed by atoms with E-state index in [-0.39, 0.29) is 5.02 Å². The molecular formula is C22H19BrClFN4O2. The second-order valence-electron chi connectivity index (χ2n) is 7.11. The summed E-state index contributed by atoms with van der Waals surface area (Å²) in [5.41, 5.74) is 1.21. The summed E-state index contributed by atoms with van der Waals surface area (Å²) < 4.78 is 19.6. The Labute approximate surface area is 192 Å². The maximum absolute atomic E-state index is 13.4. The lowest BCUT2D eigenvalue weighted by atomic mass is 10.1. The number of fused-ring (bicyclic) bond motifs is 1. The molecule has 9 heteroatoms. The second-order valence-corrected chi connectivity index (χ2v) is 8.37. The van der Waals surface area contributed by atoms with Gasteiger partial charge in [-0.15, -0.1) is 0 Å². The van der Waals surface area contributed by atoms with E-state index in [4.69, 9.17) is 16.3 Å². The fourth-order valence-electron chi connectivity index (χ4n) is 3.32. The summed E-state index contributed by atoms with van der Waals surface area (Å²) in [6.45, 7) is 1.90. The Morgan fingerprint density at radius 1 is 1.19 bits per heavy atom. The Morgan fingerprint density at radius 2 is 2.00 bits per heavy atom. The first kappa shape index (κ1) is 21.5. The number of anilines is 2. The lowest BCUT2D eigenvalue weighted by Gasteiger charge is -2.24. The Morgan fingerprint density at radius 3 is 2.77 bits per heavy atom. The van der Waals surface area contributed by atoms with Gasteiger partial charge in [0.25, 0.3) is 0 Å². The fraction of sp³-hybridized carbons (Fsp3) is 0.227. The van der Waals surface area contributed by atoms with Gasteiger partial charge in [0.15, 0.2) is 0 Å². The third kappa shape index (κ3) is 5.32. The molecule has 0 unspecified atom stereocenters. The molecule has 1 aliphatic heterocycles. The summed E-state index contributed by atoms with van der Waals surface area (Å²) in [5, 5.41) is 3.74. The number of hydrogen-bond donors (Lipinski definition) is 1. The minimum Gasteiger partial charge on any atom is -0.422 e. The highest BCUT2D eigenvalue weighted by Crippen LogP contribution is 2.33. The van der Waals surface area contributed by atoms with Crippen molar-refractivity contribution in [2.24, 2.45) is 0 Å². The molecule has 0 saturated carbocycles. The normalized spacial score (nSPS) is 14.2. The van der Waals surface area contributed by atoms with Gasteiger partial charge in [-0.1, -0.05) is 11.6 Å². The number of rotatable bonds is 5. The summed E-state index contributed by atoms with van der Waals surface area (Å²) in [5.74, 6) is -0.157. The number of nitrogens with one attached hydrogen (secondary N) is 1. The number of halogens is 3. The molecule has 6 nitrogen and oxygen atoms in total. The zero-order chi connectivity index (χ0) is 21.8. The van der Waals surface area contributed by atoms with E-state index in [1.54, 1.807) is 24.4 Å². The summed E-state index contributed by atoms with van der Waals surface area (Å²) in [6.07, 6.45) is 8.11. The highest BCUT2D eigenvalue weighted by atomic mass is 79.9. The van der Waals surface area contributed by atoms with Crippen molar-refractivity contribution < 1.29 is 13.9 Å². The molecular weight excluding hydrogens is 487 g/mol. The Balaban J connectivity index is 1.57. The first-order chi connectivity index (χ1) is 15.0. The largest absolute Gasteiger partial charge is 0.422 e. The molecule has 0 amide bonds. The van der Waals surface area contributed by atoms with E-state index >= 15 is 0 Å². The van der Waals surface area contributed by atoms with Crippen molar-refractivity contribution in [3.63, 3.8) is 0 Å². The van der Waals surface area contributed by atoms with Gasteiger partial charge in [-0.2, -0.15) is 0 Å². The predicted molar refractivity (Wildman–Crippen MR) is 122 cm³/mol. The smallest absolute Gasteiger partial charge is 0.337 e. The van der Waals surface area contributed by atoms with Crippen molar-refractivity contribution in [2.45, 2.75) is 19.3 Å². The molecule has 1 N–H and O–H groups in total. The van der Waals surface area contributed by atoms with Crippen LogP contribution in [0, 0.1) is 5.82 Å². The second kappa shape index (κ2) is 9.62. The predicted octanol–water partition coefficient (Wildman–Crippen LogP) is 5.83. The van der Waals surface area contributed by atoms with Gasteiger partial charge < -0.3 is 15.0 Å². The van der Waals surface area contributed by atoms with E-state index in [1.807, 2.05) is 0 Å². The van der Waals surface area contributed by atoms with Crippen molar-refractivity contribution in [1.29, 1.82) is 0 Å². The van der Waals surface area contributed by atoms with Crippen molar-refractivity contribution in [2.75, 3.05) is 18.4 Å². The average Bonchev–Trinajstić information content (AvgIpc) is 2.76. The van der Waals surface area contributed by atoms with Crippen LogP contribution in [-0.2, 0) is 4.79 Å². The molecule has 0 atom stereocenters. The first-order valence-electron chi connectivity index (χ1n) is 9.80. The van der Waals surface area contributed by atoms with Crippen molar-refractivity contribution in [3.05, 3.63) is 64.2 Å². The third-order valence-electron chi connectivity index (χ3n) is 4.89. The zero-order valence-corrected chi connectivity index (χ0v) is 18.8. The van der Waals surface area contributed by atoms with Crippen LogP contribution in [0.3, 0.4) is 0 Å². The fourth-order valence-corrected chi connectivity index (χ4v) is 3.92. The van der Waals surface area contributed by atoms with Gasteiger partial charge in [0.05, 0.1) is 15.0 Å². The van der Waals surface area contributed by atoms with Crippen LogP contribution in [0.5, 0.6) is 5.75 Å². The number of carbonyl (C=O) groups is 1. The highest BCUT2D eigenvalue weighted by Gasteiger charge is 2.13. The standard InChI is InChI=1S/C22H19BrClFN4O2/c23-16-12-19-15(11-20(16)31-21(30)6-9-29-7-2-1-3-8-29)22(27-13-26-19)28-14-4-5-18(25)17(24)10-14/h4-6,9-13H,1-3,7-8H2,(H,26,27,28). The third-order valence-corrected chi connectivity index (χ3v) is 5.80. The Hall–Kier alpha value is -2.71. The van der Waals surface area contributed by atoms with Gasteiger partial charge in [0, 0.05) is 36.4 Å². The molecule has 0 aliphatic carbocycles. The van der Waals surface area contributed by atoms with Crippen molar-refractivity contribution in [3.8, 4) is 5.75 Å². The number of nitrogens with zero attached hydrogens (tertiary/aromatic N) is 3. The number of piperidine rings is 1. The van der Waals surface area contributed by atoms with Gasteiger partial charge in [-0.3, -0.25) is 0 Å². The molecule has 1 aromatic heterocycles. The Kier molecular flexibility index (Phi) is 6.67. The maximum atomic E-state index is 13.4. The summed E-state index contributed by atoms with van der Waals surface area (Å²) in [7, 11) is 0. The molecule has 0 radical (unpaired) electrons. The maximum Gasteiger partial charge on any atom is 0.337 e. The number of ether oxygens (including phenoxy) is 1.